The first-order chi connectivity index (χ1) is 11.7. The van der Waals surface area contributed by atoms with Gasteiger partial charge >= 0.3 is 0 Å². The first-order valence-corrected chi connectivity index (χ1v) is 7.97. The molecule has 0 radical (unpaired) electrons. The number of carbonyl (C=O) groups excluding carboxylic acids is 1. The van der Waals surface area contributed by atoms with Gasteiger partial charge in [0, 0.05) is 25.6 Å². The quantitative estimate of drug-likeness (QED) is 0.758. The van der Waals surface area contributed by atoms with E-state index in [-0.39, 0.29) is 5.91 Å². The largest absolute Gasteiger partial charge is 0.352 e. The fourth-order valence-electron chi connectivity index (χ4n) is 2.63. The van der Waals surface area contributed by atoms with Gasteiger partial charge in [0.1, 0.15) is 12.2 Å². The third-order valence-corrected chi connectivity index (χ3v) is 3.94. The summed E-state index contributed by atoms with van der Waals surface area (Å²) in [5, 5.41) is 10.8. The molecule has 0 aliphatic carbocycles. The van der Waals surface area contributed by atoms with Gasteiger partial charge in [-0.3, -0.25) is 4.79 Å². The van der Waals surface area contributed by atoms with Gasteiger partial charge in [-0.1, -0.05) is 48.5 Å². The highest BCUT2D eigenvalue weighted by Crippen LogP contribution is 2.14. The number of aromatic nitrogens is 3. The van der Waals surface area contributed by atoms with E-state index in [2.05, 4.69) is 27.6 Å². The minimum atomic E-state index is -0.0521. The van der Waals surface area contributed by atoms with Gasteiger partial charge in [-0.15, -0.1) is 10.2 Å². The Morgan fingerprint density at radius 2 is 1.83 bits per heavy atom. The van der Waals surface area contributed by atoms with Crippen LogP contribution in [0.15, 0.2) is 60.9 Å². The van der Waals surface area contributed by atoms with Crippen molar-refractivity contribution >= 4 is 5.91 Å². The van der Waals surface area contributed by atoms with Gasteiger partial charge in [-0.25, -0.2) is 0 Å². The molecule has 0 spiro atoms. The second-order valence-corrected chi connectivity index (χ2v) is 5.68. The van der Waals surface area contributed by atoms with Gasteiger partial charge in [0.15, 0.2) is 0 Å². The van der Waals surface area contributed by atoms with Gasteiger partial charge in [-0.2, -0.15) is 0 Å². The minimum absolute atomic E-state index is 0.0521. The van der Waals surface area contributed by atoms with E-state index in [1.807, 2.05) is 54.1 Å². The zero-order valence-corrected chi connectivity index (χ0v) is 13.6. The second-order valence-electron chi connectivity index (χ2n) is 5.68. The summed E-state index contributed by atoms with van der Waals surface area (Å²) in [4.78, 5) is 12.5. The second kappa shape index (κ2) is 7.55. The van der Waals surface area contributed by atoms with Crippen LogP contribution in [0.3, 0.4) is 0 Å². The number of hydrogen-bond donors (Lipinski definition) is 1. The van der Waals surface area contributed by atoms with E-state index in [4.69, 9.17) is 0 Å². The van der Waals surface area contributed by atoms with Crippen LogP contribution in [-0.2, 0) is 19.9 Å². The molecule has 3 rings (SSSR count). The Morgan fingerprint density at radius 1 is 1.08 bits per heavy atom. The number of aryl methyl sites for hydroxylation is 1. The normalized spacial score (nSPS) is 10.5. The monoisotopic (exact) mass is 320 g/mol. The molecule has 3 aromatic rings. The highest BCUT2D eigenvalue weighted by molar-refractivity contribution is 5.95. The molecule has 0 bridgehead atoms. The van der Waals surface area contributed by atoms with E-state index in [0.29, 0.717) is 13.0 Å². The fourth-order valence-corrected chi connectivity index (χ4v) is 2.63. The molecule has 1 heterocycles. The van der Waals surface area contributed by atoms with Crippen LogP contribution in [0.1, 0.15) is 27.3 Å². The van der Waals surface area contributed by atoms with Crippen LogP contribution in [0.5, 0.6) is 0 Å². The number of amides is 1. The maximum atomic E-state index is 12.5. The summed E-state index contributed by atoms with van der Waals surface area (Å²) in [5.41, 5.74) is 2.94. The Morgan fingerprint density at radius 3 is 2.58 bits per heavy atom. The Kier molecular flexibility index (Phi) is 5.01. The first kappa shape index (κ1) is 15.9. The molecule has 0 saturated heterocycles. The van der Waals surface area contributed by atoms with Crippen molar-refractivity contribution in [3.05, 3.63) is 83.4 Å². The van der Waals surface area contributed by atoms with Crippen molar-refractivity contribution in [2.75, 3.05) is 6.54 Å². The molecule has 2 aromatic carbocycles. The zero-order chi connectivity index (χ0) is 16.8. The molecule has 5 heteroatoms. The van der Waals surface area contributed by atoms with Gasteiger partial charge in [0.25, 0.3) is 5.91 Å². The van der Waals surface area contributed by atoms with E-state index in [0.717, 1.165) is 23.4 Å². The number of carbonyl (C=O) groups is 1. The van der Waals surface area contributed by atoms with Gasteiger partial charge < -0.3 is 9.88 Å². The third-order valence-electron chi connectivity index (χ3n) is 3.94. The van der Waals surface area contributed by atoms with Crippen molar-refractivity contribution in [1.29, 1.82) is 0 Å². The number of hydrogen-bond acceptors (Lipinski definition) is 3. The number of rotatable bonds is 6. The average molecular weight is 320 g/mol. The summed E-state index contributed by atoms with van der Waals surface area (Å²) in [7, 11) is 1.90. The Balaban J connectivity index is 1.65. The zero-order valence-electron chi connectivity index (χ0n) is 13.6. The third kappa shape index (κ3) is 3.87. The lowest BCUT2D eigenvalue weighted by molar-refractivity contribution is 0.0953. The van der Waals surface area contributed by atoms with E-state index in [1.54, 1.807) is 6.33 Å². The van der Waals surface area contributed by atoms with Gasteiger partial charge in [0.05, 0.1) is 0 Å². The van der Waals surface area contributed by atoms with Crippen molar-refractivity contribution in [1.82, 2.24) is 20.1 Å². The van der Waals surface area contributed by atoms with Crippen LogP contribution >= 0.6 is 0 Å². The Labute approximate surface area is 141 Å². The lowest BCUT2D eigenvalue weighted by atomic mass is 9.99. The predicted octanol–water partition coefficient (Wildman–Crippen LogP) is 2.38. The summed E-state index contributed by atoms with van der Waals surface area (Å²) in [6.45, 7) is 0.533. The SMILES string of the molecule is Cn1cnnc1CCNC(=O)c1ccccc1Cc1ccccc1. The standard InChI is InChI=1S/C19H20N4O/c1-23-14-21-22-18(23)11-12-20-19(24)17-10-6-5-9-16(17)13-15-7-3-2-4-8-15/h2-10,14H,11-13H2,1H3,(H,20,24). The van der Waals surface area contributed by atoms with Crippen molar-refractivity contribution in [2.45, 2.75) is 12.8 Å². The smallest absolute Gasteiger partial charge is 0.251 e. The minimum Gasteiger partial charge on any atom is -0.352 e. The summed E-state index contributed by atoms with van der Waals surface area (Å²) < 4.78 is 1.86. The molecule has 24 heavy (non-hydrogen) atoms. The van der Waals surface area contributed by atoms with Crippen LogP contribution in [0.2, 0.25) is 0 Å². The highest BCUT2D eigenvalue weighted by Gasteiger charge is 2.11. The molecule has 0 fully saturated rings. The topological polar surface area (TPSA) is 59.8 Å². The van der Waals surface area contributed by atoms with Crippen molar-refractivity contribution in [3.8, 4) is 0 Å². The van der Waals surface area contributed by atoms with Gasteiger partial charge in [0.2, 0.25) is 0 Å². The molecule has 1 amide bonds. The van der Waals surface area contributed by atoms with Crippen LogP contribution in [0.25, 0.3) is 0 Å². The van der Waals surface area contributed by atoms with E-state index in [1.165, 1.54) is 5.56 Å². The number of nitrogens with zero attached hydrogens (tertiary/aromatic N) is 3. The number of benzene rings is 2. The van der Waals surface area contributed by atoms with Crippen molar-refractivity contribution < 1.29 is 4.79 Å². The van der Waals surface area contributed by atoms with E-state index < -0.39 is 0 Å². The highest BCUT2D eigenvalue weighted by atomic mass is 16.1. The molecule has 1 N–H and O–H groups in total. The number of nitrogens with one attached hydrogen (secondary N) is 1. The molecular weight excluding hydrogens is 300 g/mol. The van der Waals surface area contributed by atoms with E-state index >= 15 is 0 Å². The van der Waals surface area contributed by atoms with Gasteiger partial charge in [-0.05, 0) is 23.6 Å². The Bertz CT molecular complexity index is 811. The average Bonchev–Trinajstić information content (AvgIpc) is 3.01. The van der Waals surface area contributed by atoms with Crippen LogP contribution in [0, 0.1) is 0 Å². The predicted molar refractivity (Wildman–Crippen MR) is 92.7 cm³/mol. The lowest BCUT2D eigenvalue weighted by Gasteiger charge is -2.10. The fraction of sp³-hybridized carbons (Fsp3) is 0.211. The molecule has 0 unspecified atom stereocenters. The summed E-state index contributed by atoms with van der Waals surface area (Å²) in [6, 6.07) is 17.9. The summed E-state index contributed by atoms with van der Waals surface area (Å²) in [6.07, 6.45) is 3.06. The molecule has 1 aromatic heterocycles. The molecule has 0 aliphatic rings. The molecule has 0 aliphatic heterocycles. The summed E-state index contributed by atoms with van der Waals surface area (Å²) in [5.74, 6) is 0.802. The molecule has 0 saturated carbocycles. The van der Waals surface area contributed by atoms with Crippen LogP contribution in [0.4, 0.5) is 0 Å². The summed E-state index contributed by atoms with van der Waals surface area (Å²) >= 11 is 0. The molecule has 0 atom stereocenters. The van der Waals surface area contributed by atoms with Crippen molar-refractivity contribution in [3.63, 3.8) is 0 Å². The lowest BCUT2D eigenvalue weighted by Crippen LogP contribution is -2.27. The maximum absolute atomic E-state index is 12.5. The molecular formula is C19H20N4O. The van der Waals surface area contributed by atoms with E-state index in [9.17, 15) is 4.79 Å². The first-order valence-electron chi connectivity index (χ1n) is 7.97. The molecule has 122 valence electrons. The Hall–Kier alpha value is -2.95. The van der Waals surface area contributed by atoms with Crippen LogP contribution < -0.4 is 5.32 Å². The molecule has 5 nitrogen and oxygen atoms in total. The maximum Gasteiger partial charge on any atom is 0.251 e. The van der Waals surface area contributed by atoms with Crippen molar-refractivity contribution in [2.24, 2.45) is 7.05 Å². The van der Waals surface area contributed by atoms with Crippen LogP contribution in [-0.4, -0.2) is 27.2 Å².